The van der Waals surface area contributed by atoms with Crippen LogP contribution in [0.25, 0.3) is 0 Å². The monoisotopic (exact) mass is 366 g/mol. The molecule has 18 heavy (non-hydrogen) atoms. The highest BCUT2D eigenvalue weighted by Gasteiger charge is 2.18. The Morgan fingerprint density at radius 1 is 1.44 bits per heavy atom. The molecule has 0 aliphatic carbocycles. The van der Waals surface area contributed by atoms with Gasteiger partial charge in [-0.3, -0.25) is 4.79 Å². The van der Waals surface area contributed by atoms with Crippen molar-refractivity contribution in [3.63, 3.8) is 0 Å². The second-order valence-corrected chi connectivity index (χ2v) is 5.38. The SMILES string of the molecule is O=C(CC1CCCN1)Nc1cc(F)c(I)c(F)c1. The molecule has 1 heterocycles. The summed E-state index contributed by atoms with van der Waals surface area (Å²) in [5.41, 5.74) is 0.161. The summed E-state index contributed by atoms with van der Waals surface area (Å²) in [7, 11) is 0. The second-order valence-electron chi connectivity index (χ2n) is 4.30. The van der Waals surface area contributed by atoms with Crippen LogP contribution in [0, 0.1) is 15.2 Å². The maximum Gasteiger partial charge on any atom is 0.225 e. The van der Waals surface area contributed by atoms with Gasteiger partial charge in [-0.15, -0.1) is 0 Å². The summed E-state index contributed by atoms with van der Waals surface area (Å²) in [6.45, 7) is 0.921. The molecule has 3 nitrogen and oxygen atoms in total. The van der Waals surface area contributed by atoms with Crippen LogP contribution in [0.15, 0.2) is 12.1 Å². The van der Waals surface area contributed by atoms with Crippen molar-refractivity contribution < 1.29 is 13.6 Å². The van der Waals surface area contributed by atoms with Crippen molar-refractivity contribution >= 4 is 34.2 Å². The van der Waals surface area contributed by atoms with Gasteiger partial charge < -0.3 is 10.6 Å². The number of halogens is 3. The third kappa shape index (κ3) is 3.38. The molecule has 0 radical (unpaired) electrons. The minimum absolute atomic E-state index is 0.0666. The summed E-state index contributed by atoms with van der Waals surface area (Å²) in [6.07, 6.45) is 2.35. The maximum absolute atomic E-state index is 13.3. The van der Waals surface area contributed by atoms with E-state index in [0.717, 1.165) is 31.5 Å². The average Bonchev–Trinajstić information content (AvgIpc) is 2.78. The number of carbonyl (C=O) groups excluding carboxylic acids is 1. The summed E-state index contributed by atoms with van der Waals surface area (Å²) < 4.78 is 26.5. The highest BCUT2D eigenvalue weighted by atomic mass is 127. The zero-order valence-electron chi connectivity index (χ0n) is 9.60. The van der Waals surface area contributed by atoms with Gasteiger partial charge in [0, 0.05) is 18.2 Å². The van der Waals surface area contributed by atoms with Crippen LogP contribution in [0.3, 0.4) is 0 Å². The van der Waals surface area contributed by atoms with Crippen LogP contribution in [-0.4, -0.2) is 18.5 Å². The third-order valence-electron chi connectivity index (χ3n) is 2.86. The predicted molar refractivity (Wildman–Crippen MR) is 73.3 cm³/mol. The van der Waals surface area contributed by atoms with E-state index in [9.17, 15) is 13.6 Å². The Balaban J connectivity index is 1.98. The van der Waals surface area contributed by atoms with Crippen molar-refractivity contribution in [1.82, 2.24) is 5.32 Å². The lowest BCUT2D eigenvalue weighted by Crippen LogP contribution is -2.27. The molecule has 2 rings (SSSR count). The minimum Gasteiger partial charge on any atom is -0.326 e. The van der Waals surface area contributed by atoms with Gasteiger partial charge in [0.05, 0.1) is 3.57 Å². The molecular weight excluding hydrogens is 353 g/mol. The first-order valence-corrected chi connectivity index (χ1v) is 6.82. The molecule has 1 aromatic rings. The van der Waals surface area contributed by atoms with Gasteiger partial charge >= 0.3 is 0 Å². The van der Waals surface area contributed by atoms with Crippen molar-refractivity contribution in [3.8, 4) is 0 Å². The summed E-state index contributed by atoms with van der Waals surface area (Å²) >= 11 is 1.59. The van der Waals surface area contributed by atoms with Gasteiger partial charge in [0.25, 0.3) is 0 Å². The number of carbonyl (C=O) groups is 1. The van der Waals surface area contributed by atoms with Crippen LogP contribution in [0.2, 0.25) is 0 Å². The molecule has 1 saturated heterocycles. The van der Waals surface area contributed by atoms with Crippen LogP contribution in [0.1, 0.15) is 19.3 Å². The lowest BCUT2D eigenvalue weighted by Gasteiger charge is -2.11. The summed E-state index contributed by atoms with van der Waals surface area (Å²) in [6, 6.07) is 2.43. The van der Waals surface area contributed by atoms with Crippen LogP contribution < -0.4 is 10.6 Å². The zero-order chi connectivity index (χ0) is 13.1. The largest absolute Gasteiger partial charge is 0.326 e. The number of amides is 1. The fourth-order valence-corrected chi connectivity index (χ4v) is 2.31. The fraction of sp³-hybridized carbons (Fsp3) is 0.417. The minimum atomic E-state index is -0.662. The highest BCUT2D eigenvalue weighted by molar-refractivity contribution is 14.1. The van der Waals surface area contributed by atoms with E-state index in [2.05, 4.69) is 10.6 Å². The van der Waals surface area contributed by atoms with Crippen molar-refractivity contribution in [2.45, 2.75) is 25.3 Å². The highest BCUT2D eigenvalue weighted by Crippen LogP contribution is 2.20. The topological polar surface area (TPSA) is 41.1 Å². The molecule has 0 spiro atoms. The Kier molecular flexibility index (Phi) is 4.50. The van der Waals surface area contributed by atoms with Gasteiger partial charge in [0.15, 0.2) is 0 Å². The Hall–Kier alpha value is -0.760. The Bertz CT molecular complexity index is 438. The maximum atomic E-state index is 13.3. The summed E-state index contributed by atoms with van der Waals surface area (Å²) in [4.78, 5) is 11.7. The standard InChI is InChI=1S/C12H13F2IN2O/c13-9-4-8(5-10(14)12(9)15)17-11(18)6-7-2-1-3-16-7/h4-5,7,16H,1-3,6H2,(H,17,18). The first-order valence-electron chi connectivity index (χ1n) is 5.74. The number of hydrogen-bond donors (Lipinski definition) is 2. The number of rotatable bonds is 3. The van der Waals surface area contributed by atoms with Crippen LogP contribution in [0.4, 0.5) is 14.5 Å². The van der Waals surface area contributed by atoms with E-state index in [-0.39, 0.29) is 21.2 Å². The average molecular weight is 366 g/mol. The van der Waals surface area contributed by atoms with E-state index in [4.69, 9.17) is 0 Å². The van der Waals surface area contributed by atoms with Crippen molar-refractivity contribution in [1.29, 1.82) is 0 Å². The van der Waals surface area contributed by atoms with E-state index in [0.29, 0.717) is 6.42 Å². The van der Waals surface area contributed by atoms with Gasteiger partial charge in [0.1, 0.15) is 11.6 Å². The molecule has 1 atom stereocenters. The molecule has 1 aliphatic rings. The molecule has 0 saturated carbocycles. The number of hydrogen-bond acceptors (Lipinski definition) is 2. The van der Waals surface area contributed by atoms with E-state index < -0.39 is 11.6 Å². The Morgan fingerprint density at radius 3 is 2.67 bits per heavy atom. The zero-order valence-corrected chi connectivity index (χ0v) is 11.8. The molecular formula is C12H13F2IN2O. The van der Waals surface area contributed by atoms with Crippen molar-refractivity contribution in [2.24, 2.45) is 0 Å². The van der Waals surface area contributed by atoms with Crippen molar-refractivity contribution in [2.75, 3.05) is 11.9 Å². The van der Waals surface area contributed by atoms with Gasteiger partial charge in [0.2, 0.25) is 5.91 Å². The van der Waals surface area contributed by atoms with Crippen molar-refractivity contribution in [3.05, 3.63) is 27.3 Å². The van der Waals surface area contributed by atoms with E-state index >= 15 is 0 Å². The lowest BCUT2D eigenvalue weighted by molar-refractivity contribution is -0.116. The Morgan fingerprint density at radius 2 is 2.11 bits per heavy atom. The van der Waals surface area contributed by atoms with E-state index in [1.54, 1.807) is 22.6 Å². The van der Waals surface area contributed by atoms with Crippen LogP contribution >= 0.6 is 22.6 Å². The van der Waals surface area contributed by atoms with Gasteiger partial charge in [-0.2, -0.15) is 0 Å². The first-order chi connectivity index (χ1) is 8.56. The first kappa shape index (κ1) is 13.7. The lowest BCUT2D eigenvalue weighted by atomic mass is 10.1. The Labute approximate surface area is 117 Å². The molecule has 1 fully saturated rings. The number of anilines is 1. The molecule has 6 heteroatoms. The van der Waals surface area contributed by atoms with Gasteiger partial charge in [-0.25, -0.2) is 8.78 Å². The molecule has 2 N–H and O–H groups in total. The molecule has 1 aromatic carbocycles. The van der Waals surface area contributed by atoms with Crippen LogP contribution in [-0.2, 0) is 4.79 Å². The summed E-state index contributed by atoms with van der Waals surface area (Å²) in [5.74, 6) is -1.55. The molecule has 1 aliphatic heterocycles. The second kappa shape index (κ2) is 5.92. The third-order valence-corrected chi connectivity index (χ3v) is 3.89. The number of nitrogens with one attached hydrogen (secondary N) is 2. The van der Waals surface area contributed by atoms with E-state index in [1.807, 2.05) is 0 Å². The van der Waals surface area contributed by atoms with E-state index in [1.165, 1.54) is 0 Å². The number of benzene rings is 1. The molecule has 1 amide bonds. The normalized spacial score (nSPS) is 18.9. The quantitative estimate of drug-likeness (QED) is 0.638. The molecule has 1 unspecified atom stereocenters. The smallest absolute Gasteiger partial charge is 0.225 e. The molecule has 0 aromatic heterocycles. The van der Waals surface area contributed by atoms with Gasteiger partial charge in [-0.1, -0.05) is 0 Å². The van der Waals surface area contributed by atoms with Crippen LogP contribution in [0.5, 0.6) is 0 Å². The molecule has 0 bridgehead atoms. The van der Waals surface area contributed by atoms with Gasteiger partial charge in [-0.05, 0) is 54.1 Å². The molecule has 98 valence electrons. The summed E-state index contributed by atoms with van der Waals surface area (Å²) in [5, 5.41) is 5.71. The predicted octanol–water partition coefficient (Wildman–Crippen LogP) is 2.65. The fourth-order valence-electron chi connectivity index (χ4n) is 1.99.